The molecule has 0 heterocycles. The first kappa shape index (κ1) is 25.4. The van der Waals surface area contributed by atoms with Crippen molar-refractivity contribution in [3.05, 3.63) is 65.2 Å². The van der Waals surface area contributed by atoms with Gasteiger partial charge in [0.15, 0.2) is 0 Å². The van der Waals surface area contributed by atoms with Crippen LogP contribution < -0.4 is 10.6 Å². The average molecular weight is 451 g/mol. The Hall–Kier alpha value is -3.86. The van der Waals surface area contributed by atoms with Gasteiger partial charge in [-0.25, -0.2) is 4.79 Å². The molecule has 0 aliphatic carbocycles. The monoisotopic (exact) mass is 450 g/mol. The minimum absolute atomic E-state index is 0.339. The fraction of sp³-hybridized carbons (Fsp3) is 0.360. The number of para-hydroxylation sites is 1. The van der Waals surface area contributed by atoms with Crippen LogP contribution in [0.3, 0.4) is 0 Å². The summed E-state index contributed by atoms with van der Waals surface area (Å²) in [6.45, 7) is 8.14. The van der Waals surface area contributed by atoms with Crippen LogP contribution in [-0.2, 0) is 14.3 Å². The zero-order valence-corrected chi connectivity index (χ0v) is 19.6. The maximum absolute atomic E-state index is 13.4. The lowest BCUT2D eigenvalue weighted by atomic mass is 10.0. The van der Waals surface area contributed by atoms with Gasteiger partial charge in [0.05, 0.1) is 6.07 Å². The van der Waals surface area contributed by atoms with E-state index in [-0.39, 0.29) is 6.54 Å². The van der Waals surface area contributed by atoms with E-state index in [0.717, 1.165) is 16.0 Å². The molecule has 33 heavy (non-hydrogen) atoms. The van der Waals surface area contributed by atoms with Crippen LogP contribution in [0, 0.1) is 25.2 Å². The number of aryl methyl sites for hydroxylation is 2. The van der Waals surface area contributed by atoms with E-state index in [4.69, 9.17) is 4.74 Å². The Morgan fingerprint density at radius 3 is 2.27 bits per heavy atom. The summed E-state index contributed by atoms with van der Waals surface area (Å²) in [4.78, 5) is 39.5. The summed E-state index contributed by atoms with van der Waals surface area (Å²) in [6, 6.07) is 15.3. The molecule has 0 saturated heterocycles. The van der Waals surface area contributed by atoms with Gasteiger partial charge in [0.2, 0.25) is 5.91 Å². The van der Waals surface area contributed by atoms with Crippen molar-refractivity contribution in [1.29, 1.82) is 5.26 Å². The fourth-order valence-electron chi connectivity index (χ4n) is 3.10. The summed E-state index contributed by atoms with van der Waals surface area (Å²) in [6.07, 6.45) is -0.760. The lowest BCUT2D eigenvalue weighted by molar-refractivity contribution is -0.137. The Bertz CT molecular complexity index is 1040. The minimum Gasteiger partial charge on any atom is -0.444 e. The number of alkyl carbamates (subject to hydrolysis) is 1. The van der Waals surface area contributed by atoms with Crippen LogP contribution in [0.2, 0.25) is 0 Å². The smallest absolute Gasteiger partial charge is 0.408 e. The number of nitriles is 1. The summed E-state index contributed by atoms with van der Waals surface area (Å²) in [7, 11) is 0. The highest BCUT2D eigenvalue weighted by molar-refractivity contribution is 5.99. The molecule has 174 valence electrons. The molecule has 2 N–H and O–H groups in total. The molecule has 2 rings (SSSR count). The quantitative estimate of drug-likeness (QED) is 0.622. The van der Waals surface area contributed by atoms with Gasteiger partial charge in [0, 0.05) is 5.69 Å². The van der Waals surface area contributed by atoms with Gasteiger partial charge in [0.25, 0.3) is 5.91 Å². The van der Waals surface area contributed by atoms with E-state index >= 15 is 0 Å². The SMILES string of the molecule is Cc1ccc(C(C(=O)Nc2ccccc2C)N(CC#N)C(=O)CNC(=O)OC(C)(C)C)cc1. The van der Waals surface area contributed by atoms with Crippen molar-refractivity contribution in [2.45, 2.75) is 46.3 Å². The lowest BCUT2D eigenvalue weighted by Crippen LogP contribution is -2.46. The van der Waals surface area contributed by atoms with Crippen molar-refractivity contribution < 1.29 is 19.1 Å². The van der Waals surface area contributed by atoms with Crippen LogP contribution >= 0.6 is 0 Å². The molecule has 0 bridgehead atoms. The van der Waals surface area contributed by atoms with Gasteiger partial charge < -0.3 is 20.3 Å². The Labute approximate surface area is 194 Å². The van der Waals surface area contributed by atoms with Gasteiger partial charge in [-0.2, -0.15) is 5.26 Å². The highest BCUT2D eigenvalue weighted by Gasteiger charge is 2.32. The molecule has 0 fully saturated rings. The molecular formula is C25H30N4O4. The van der Waals surface area contributed by atoms with Crippen molar-refractivity contribution in [3.8, 4) is 6.07 Å². The van der Waals surface area contributed by atoms with Crippen LogP contribution in [0.1, 0.15) is 43.5 Å². The van der Waals surface area contributed by atoms with E-state index in [0.29, 0.717) is 11.3 Å². The molecule has 0 radical (unpaired) electrons. The molecule has 3 amide bonds. The summed E-state index contributed by atoms with van der Waals surface area (Å²) in [5.74, 6) is -1.05. The van der Waals surface area contributed by atoms with Crippen LogP contribution in [0.4, 0.5) is 10.5 Å². The zero-order valence-electron chi connectivity index (χ0n) is 19.6. The van der Waals surface area contributed by atoms with Gasteiger partial charge in [-0.05, 0) is 51.8 Å². The minimum atomic E-state index is -1.07. The summed E-state index contributed by atoms with van der Waals surface area (Å²) < 4.78 is 5.16. The molecule has 1 atom stereocenters. The number of nitrogens with one attached hydrogen (secondary N) is 2. The molecule has 1 unspecified atom stereocenters. The molecule has 0 aliphatic heterocycles. The van der Waals surface area contributed by atoms with Gasteiger partial charge in [-0.15, -0.1) is 0 Å². The Kier molecular flexibility index (Phi) is 8.57. The van der Waals surface area contributed by atoms with Crippen molar-refractivity contribution in [2.75, 3.05) is 18.4 Å². The van der Waals surface area contributed by atoms with E-state index in [2.05, 4.69) is 10.6 Å². The molecule has 2 aromatic rings. The summed E-state index contributed by atoms with van der Waals surface area (Å²) >= 11 is 0. The molecule has 8 nitrogen and oxygen atoms in total. The van der Waals surface area contributed by atoms with Crippen LogP contribution in [0.15, 0.2) is 48.5 Å². The predicted molar refractivity (Wildman–Crippen MR) is 125 cm³/mol. The van der Waals surface area contributed by atoms with Gasteiger partial charge in [-0.1, -0.05) is 48.0 Å². The molecule has 0 saturated carbocycles. The number of hydrogen-bond donors (Lipinski definition) is 2. The van der Waals surface area contributed by atoms with Crippen molar-refractivity contribution in [3.63, 3.8) is 0 Å². The summed E-state index contributed by atoms with van der Waals surface area (Å²) in [5, 5.41) is 14.6. The zero-order chi connectivity index (χ0) is 24.6. The molecule has 0 aliphatic rings. The third-order valence-electron chi connectivity index (χ3n) is 4.70. The number of nitrogens with zero attached hydrogens (tertiary/aromatic N) is 2. The van der Waals surface area contributed by atoms with E-state index in [1.807, 2.05) is 44.2 Å². The molecule has 2 aromatic carbocycles. The third-order valence-corrected chi connectivity index (χ3v) is 4.70. The van der Waals surface area contributed by atoms with Crippen LogP contribution in [0.5, 0.6) is 0 Å². The predicted octanol–water partition coefficient (Wildman–Crippen LogP) is 3.86. The highest BCUT2D eigenvalue weighted by Crippen LogP contribution is 2.25. The Morgan fingerprint density at radius 1 is 1.06 bits per heavy atom. The van der Waals surface area contributed by atoms with Crippen molar-refractivity contribution >= 4 is 23.6 Å². The largest absolute Gasteiger partial charge is 0.444 e. The Morgan fingerprint density at radius 2 is 1.70 bits per heavy atom. The first-order valence-electron chi connectivity index (χ1n) is 10.6. The van der Waals surface area contributed by atoms with E-state index < -0.39 is 36.1 Å². The van der Waals surface area contributed by atoms with Gasteiger partial charge in [0.1, 0.15) is 24.7 Å². The second-order valence-electron chi connectivity index (χ2n) is 8.65. The van der Waals surface area contributed by atoms with Crippen LogP contribution in [-0.4, -0.2) is 41.5 Å². The topological polar surface area (TPSA) is 112 Å². The number of anilines is 1. The molecule has 8 heteroatoms. The maximum Gasteiger partial charge on any atom is 0.408 e. The Balaban J connectivity index is 2.32. The van der Waals surface area contributed by atoms with Gasteiger partial charge in [-0.3, -0.25) is 9.59 Å². The second-order valence-corrected chi connectivity index (χ2v) is 8.65. The number of amides is 3. The number of benzene rings is 2. The molecule has 0 aromatic heterocycles. The van der Waals surface area contributed by atoms with E-state index in [9.17, 15) is 19.6 Å². The lowest BCUT2D eigenvalue weighted by Gasteiger charge is -2.30. The van der Waals surface area contributed by atoms with Crippen molar-refractivity contribution in [2.24, 2.45) is 0 Å². The molecular weight excluding hydrogens is 420 g/mol. The number of hydrogen-bond acceptors (Lipinski definition) is 5. The standard InChI is InChI=1S/C25H30N4O4/c1-17-10-12-19(13-11-17)22(23(31)28-20-9-7-6-8-18(20)2)29(15-14-26)21(30)16-27-24(32)33-25(3,4)5/h6-13,22H,15-16H2,1-5H3,(H,27,32)(H,28,31). The summed E-state index contributed by atoms with van der Waals surface area (Å²) in [5.41, 5.74) is 2.28. The number of ether oxygens (including phenoxy) is 1. The molecule has 0 spiro atoms. The number of rotatable bonds is 7. The van der Waals surface area contributed by atoms with Crippen LogP contribution in [0.25, 0.3) is 0 Å². The van der Waals surface area contributed by atoms with E-state index in [1.54, 1.807) is 45.0 Å². The first-order valence-corrected chi connectivity index (χ1v) is 10.6. The highest BCUT2D eigenvalue weighted by atomic mass is 16.6. The normalized spacial score (nSPS) is 11.6. The van der Waals surface area contributed by atoms with Crippen molar-refractivity contribution in [1.82, 2.24) is 10.2 Å². The average Bonchev–Trinajstić information content (AvgIpc) is 2.73. The third kappa shape index (κ3) is 7.65. The fourth-order valence-corrected chi connectivity index (χ4v) is 3.10. The van der Waals surface area contributed by atoms with E-state index in [1.165, 1.54) is 0 Å². The number of carbonyl (C=O) groups excluding carboxylic acids is 3. The second kappa shape index (κ2) is 11.1. The first-order chi connectivity index (χ1) is 15.5. The number of carbonyl (C=O) groups is 3. The van der Waals surface area contributed by atoms with Gasteiger partial charge >= 0.3 is 6.09 Å². The maximum atomic E-state index is 13.4.